The second kappa shape index (κ2) is 8.27. The van der Waals surface area contributed by atoms with Gasteiger partial charge in [-0.05, 0) is 73.0 Å². The number of amides is 1. The number of nitrogens with zero attached hydrogens (tertiary/aromatic N) is 1. The van der Waals surface area contributed by atoms with Crippen molar-refractivity contribution in [3.8, 4) is 0 Å². The highest BCUT2D eigenvalue weighted by Crippen LogP contribution is 2.48. The van der Waals surface area contributed by atoms with E-state index in [2.05, 4.69) is 20.3 Å². The molecule has 3 atom stereocenters. The first-order valence-electron chi connectivity index (χ1n) is 10.9. The molecule has 0 bridgehead atoms. The molecule has 0 radical (unpaired) electrons. The van der Waals surface area contributed by atoms with Crippen LogP contribution in [0.1, 0.15) is 29.9 Å². The van der Waals surface area contributed by atoms with Crippen LogP contribution in [0.5, 0.6) is 0 Å². The highest BCUT2D eigenvalue weighted by atomic mass is 32.2. The molecular weight excluding hydrogens is 424 g/mol. The molecule has 2 fully saturated rings. The Morgan fingerprint density at radius 2 is 1.94 bits per heavy atom. The van der Waals surface area contributed by atoms with E-state index in [0.29, 0.717) is 6.54 Å². The number of aromatic nitrogens is 1. The van der Waals surface area contributed by atoms with E-state index in [1.165, 1.54) is 0 Å². The van der Waals surface area contributed by atoms with Crippen LogP contribution in [0.25, 0.3) is 10.8 Å². The molecule has 166 valence electrons. The first-order valence-corrected chi connectivity index (χ1v) is 12.4. The van der Waals surface area contributed by atoms with Gasteiger partial charge >= 0.3 is 0 Å². The fourth-order valence-corrected chi connectivity index (χ4v) is 5.68. The van der Waals surface area contributed by atoms with Crippen molar-refractivity contribution in [2.24, 2.45) is 5.92 Å². The molecule has 2 aromatic carbocycles. The van der Waals surface area contributed by atoms with Crippen LogP contribution in [0.3, 0.4) is 0 Å². The predicted molar refractivity (Wildman–Crippen MR) is 124 cm³/mol. The molecule has 2 aliphatic rings. The van der Waals surface area contributed by atoms with Gasteiger partial charge in [-0.2, -0.15) is 0 Å². The Balaban J connectivity index is 1.23. The standard InChI is InChI=1S/C24H26N4O3S/c1-15-12-26-13-17-2-5-18(10-21(15)17)27-24(29)23-11-22(23)16-3-6-20(7-4-16)32(30,31)28-19-8-9-25-14-19/h2-7,10,12-13,19,22-23,25,28H,8-9,11,14H2,1H3,(H,27,29)/t19?,22-,23+/m0/s1. The zero-order chi connectivity index (χ0) is 22.3. The van der Waals surface area contributed by atoms with Gasteiger partial charge in [0.05, 0.1) is 4.90 Å². The molecule has 5 rings (SSSR count). The van der Waals surface area contributed by atoms with Gasteiger partial charge in [-0.3, -0.25) is 9.78 Å². The van der Waals surface area contributed by atoms with Gasteiger partial charge in [-0.25, -0.2) is 13.1 Å². The number of carbonyl (C=O) groups is 1. The molecule has 32 heavy (non-hydrogen) atoms. The maximum atomic E-state index is 12.8. The quantitative estimate of drug-likeness (QED) is 0.536. The van der Waals surface area contributed by atoms with Gasteiger partial charge in [0.15, 0.2) is 0 Å². The Morgan fingerprint density at radius 1 is 1.12 bits per heavy atom. The predicted octanol–water partition coefficient (Wildman–Crippen LogP) is 2.93. The Morgan fingerprint density at radius 3 is 2.69 bits per heavy atom. The minimum atomic E-state index is -3.53. The third-order valence-corrected chi connectivity index (χ3v) is 7.89. The van der Waals surface area contributed by atoms with Crippen LogP contribution in [-0.4, -0.2) is 38.4 Å². The maximum Gasteiger partial charge on any atom is 0.240 e. The summed E-state index contributed by atoms with van der Waals surface area (Å²) in [5, 5.41) is 8.30. The molecular formula is C24H26N4O3S. The van der Waals surface area contributed by atoms with Crippen molar-refractivity contribution in [2.75, 3.05) is 18.4 Å². The number of rotatable bonds is 6. The van der Waals surface area contributed by atoms with E-state index in [4.69, 9.17) is 0 Å². The lowest BCUT2D eigenvalue weighted by Crippen LogP contribution is -2.36. The van der Waals surface area contributed by atoms with Crippen LogP contribution in [0.2, 0.25) is 0 Å². The molecule has 1 aliphatic carbocycles. The number of carbonyl (C=O) groups excluding carboxylic acids is 1. The molecule has 3 aromatic rings. The average Bonchev–Trinajstić information content (AvgIpc) is 3.44. The van der Waals surface area contributed by atoms with Gasteiger partial charge < -0.3 is 10.6 Å². The molecule has 1 unspecified atom stereocenters. The topological polar surface area (TPSA) is 100 Å². The molecule has 2 heterocycles. The smallest absolute Gasteiger partial charge is 0.240 e. The summed E-state index contributed by atoms with van der Waals surface area (Å²) in [6.07, 6.45) is 5.19. The second-order valence-electron chi connectivity index (χ2n) is 8.71. The van der Waals surface area contributed by atoms with Crippen LogP contribution in [0.4, 0.5) is 5.69 Å². The van der Waals surface area contributed by atoms with Crippen LogP contribution in [-0.2, 0) is 14.8 Å². The fourth-order valence-electron chi connectivity index (χ4n) is 4.41. The van der Waals surface area contributed by atoms with Gasteiger partial charge in [0.25, 0.3) is 0 Å². The number of hydrogen-bond donors (Lipinski definition) is 3. The molecule has 1 aromatic heterocycles. The summed E-state index contributed by atoms with van der Waals surface area (Å²) in [6.45, 7) is 3.49. The third-order valence-electron chi connectivity index (χ3n) is 6.36. The van der Waals surface area contributed by atoms with Crippen molar-refractivity contribution in [3.05, 3.63) is 66.0 Å². The Kier molecular flexibility index (Phi) is 5.44. The number of benzene rings is 2. The first kappa shape index (κ1) is 21.1. The zero-order valence-corrected chi connectivity index (χ0v) is 18.7. The lowest BCUT2D eigenvalue weighted by atomic mass is 10.1. The third kappa shape index (κ3) is 4.26. The van der Waals surface area contributed by atoms with Gasteiger partial charge in [0.2, 0.25) is 15.9 Å². The Labute approximate surface area is 187 Å². The summed E-state index contributed by atoms with van der Waals surface area (Å²) in [7, 11) is -3.53. The van der Waals surface area contributed by atoms with Crippen molar-refractivity contribution in [1.29, 1.82) is 0 Å². The van der Waals surface area contributed by atoms with E-state index < -0.39 is 10.0 Å². The van der Waals surface area contributed by atoms with Crippen molar-refractivity contribution >= 4 is 32.4 Å². The fraction of sp³-hybridized carbons (Fsp3) is 0.333. The molecule has 1 saturated heterocycles. The minimum Gasteiger partial charge on any atom is -0.326 e. The molecule has 1 amide bonds. The zero-order valence-electron chi connectivity index (χ0n) is 17.8. The van der Waals surface area contributed by atoms with Crippen LogP contribution in [0.15, 0.2) is 59.8 Å². The summed E-state index contributed by atoms with van der Waals surface area (Å²) in [6, 6.07) is 12.7. The number of aryl methyl sites for hydroxylation is 1. The van der Waals surface area contributed by atoms with E-state index in [0.717, 1.165) is 47.0 Å². The first-order chi connectivity index (χ1) is 15.4. The number of anilines is 1. The number of pyridine rings is 1. The van der Waals surface area contributed by atoms with Gasteiger partial charge in [0.1, 0.15) is 0 Å². The van der Waals surface area contributed by atoms with Crippen LogP contribution < -0.4 is 15.4 Å². The summed E-state index contributed by atoms with van der Waals surface area (Å²) < 4.78 is 27.9. The molecule has 1 saturated carbocycles. The molecule has 3 N–H and O–H groups in total. The van der Waals surface area contributed by atoms with Gasteiger partial charge in [0, 0.05) is 42.0 Å². The second-order valence-corrected chi connectivity index (χ2v) is 10.4. The van der Waals surface area contributed by atoms with E-state index in [1.807, 2.05) is 49.6 Å². The summed E-state index contributed by atoms with van der Waals surface area (Å²) >= 11 is 0. The average molecular weight is 451 g/mol. The molecule has 7 nitrogen and oxygen atoms in total. The molecule has 1 aliphatic heterocycles. The SMILES string of the molecule is Cc1cncc2ccc(NC(=O)[C@@H]3C[C@H]3c3ccc(S(=O)(=O)NC4CCNC4)cc3)cc12. The number of hydrogen-bond acceptors (Lipinski definition) is 5. The maximum absolute atomic E-state index is 12.8. The number of fused-ring (bicyclic) bond motifs is 1. The van der Waals surface area contributed by atoms with Crippen LogP contribution >= 0.6 is 0 Å². The van der Waals surface area contributed by atoms with Crippen molar-refractivity contribution in [2.45, 2.75) is 36.6 Å². The summed E-state index contributed by atoms with van der Waals surface area (Å²) in [5.74, 6) is 0.00711. The molecule has 0 spiro atoms. The van der Waals surface area contributed by atoms with E-state index in [-0.39, 0.29) is 28.7 Å². The van der Waals surface area contributed by atoms with Gasteiger partial charge in [-0.15, -0.1) is 0 Å². The lowest BCUT2D eigenvalue weighted by molar-refractivity contribution is -0.117. The Bertz CT molecular complexity index is 1270. The highest BCUT2D eigenvalue weighted by Gasteiger charge is 2.44. The van der Waals surface area contributed by atoms with E-state index >= 15 is 0 Å². The highest BCUT2D eigenvalue weighted by molar-refractivity contribution is 7.89. The summed E-state index contributed by atoms with van der Waals surface area (Å²) in [5.41, 5.74) is 2.83. The van der Waals surface area contributed by atoms with Crippen molar-refractivity contribution in [1.82, 2.24) is 15.0 Å². The molecule has 8 heteroatoms. The van der Waals surface area contributed by atoms with Crippen LogP contribution in [0, 0.1) is 12.8 Å². The monoisotopic (exact) mass is 450 g/mol. The lowest BCUT2D eigenvalue weighted by Gasteiger charge is -2.12. The Hall–Kier alpha value is -2.81. The number of nitrogens with one attached hydrogen (secondary N) is 3. The van der Waals surface area contributed by atoms with Gasteiger partial charge in [-0.1, -0.05) is 18.2 Å². The number of sulfonamides is 1. The van der Waals surface area contributed by atoms with E-state index in [9.17, 15) is 13.2 Å². The normalized spacial score (nSPS) is 22.7. The largest absolute Gasteiger partial charge is 0.326 e. The van der Waals surface area contributed by atoms with Crippen molar-refractivity contribution < 1.29 is 13.2 Å². The minimum absolute atomic E-state index is 0.00634. The van der Waals surface area contributed by atoms with E-state index in [1.54, 1.807) is 12.1 Å². The van der Waals surface area contributed by atoms with Crippen molar-refractivity contribution in [3.63, 3.8) is 0 Å². The summed E-state index contributed by atoms with van der Waals surface area (Å²) in [4.78, 5) is 17.2.